The lowest BCUT2D eigenvalue weighted by Crippen LogP contribution is -1.95. The van der Waals surface area contributed by atoms with Crippen molar-refractivity contribution >= 4 is 65.2 Å². The van der Waals surface area contributed by atoms with Crippen molar-refractivity contribution in [2.45, 2.75) is 6.92 Å². The van der Waals surface area contributed by atoms with Gasteiger partial charge in [0.1, 0.15) is 0 Å². The molecule has 0 amide bonds. The van der Waals surface area contributed by atoms with E-state index in [1.54, 1.807) is 0 Å². The lowest BCUT2D eigenvalue weighted by atomic mass is 9.87. The highest BCUT2D eigenvalue weighted by Crippen LogP contribution is 2.44. The topological polar surface area (TPSA) is 43.6 Å². The van der Waals surface area contributed by atoms with Crippen LogP contribution in [0.15, 0.2) is 176 Å². The van der Waals surface area contributed by atoms with Crippen LogP contribution in [0.4, 0.5) is 0 Å². The lowest BCUT2D eigenvalue weighted by Gasteiger charge is -2.17. The summed E-state index contributed by atoms with van der Waals surface area (Å²) in [6.45, 7) is 2.13. The van der Waals surface area contributed by atoms with Gasteiger partial charge in [0.05, 0.1) is 33.5 Å². The molecule has 0 N–H and O–H groups in total. The molecule has 7 aromatic carbocycles. The highest BCUT2D eigenvalue weighted by Gasteiger charge is 2.19. The van der Waals surface area contributed by atoms with E-state index >= 15 is 0 Å². The van der Waals surface area contributed by atoms with Crippen molar-refractivity contribution < 1.29 is 0 Å². The van der Waals surface area contributed by atoms with E-state index in [9.17, 15) is 0 Å². The molecule has 4 aromatic heterocycles. The third-order valence-electron chi connectivity index (χ3n) is 10.9. The van der Waals surface area contributed by atoms with Gasteiger partial charge in [0.25, 0.3) is 0 Å². The Morgan fingerprint density at radius 1 is 0.426 bits per heavy atom. The average Bonchev–Trinajstić information content (AvgIpc) is 3.56. The Morgan fingerprint density at radius 2 is 1.04 bits per heavy atom. The molecule has 4 nitrogen and oxygen atoms in total. The normalized spacial score (nSPS) is 11.8. The van der Waals surface area contributed by atoms with Gasteiger partial charge >= 0.3 is 0 Å². The van der Waals surface area contributed by atoms with Gasteiger partial charge in [0.15, 0.2) is 0 Å². The maximum Gasteiger partial charge on any atom is 0.0972 e. The summed E-state index contributed by atoms with van der Waals surface area (Å²) in [6.07, 6.45) is 3.84. The minimum Gasteiger partial charge on any atom is -0.309 e. The Bertz CT molecular complexity index is 3230. The third-order valence-corrected chi connectivity index (χ3v) is 10.9. The number of hydrogen-bond acceptors (Lipinski definition) is 3. The molecule has 0 spiro atoms. The van der Waals surface area contributed by atoms with Crippen LogP contribution >= 0.6 is 0 Å². The predicted octanol–water partition coefficient (Wildman–Crippen LogP) is 12.9. The number of aromatic nitrogens is 4. The second kappa shape index (κ2) is 11.9. The molecule has 4 heterocycles. The molecular formula is C50H32N4. The second-order valence-electron chi connectivity index (χ2n) is 14.1. The highest BCUT2D eigenvalue weighted by atomic mass is 15.0. The highest BCUT2D eigenvalue weighted by molar-refractivity contribution is 6.21. The number of nitrogens with zero attached hydrogens (tertiary/aromatic N) is 4. The standard InChI is InChI=1S/C50H32N4/c1-31-10-9-13-36(28-31)54-45-25-22-35(29-41(45)42-30-51-27-26-46(42)54)43-23-20-33-18-19-34-21-24-44(53-50(34)49(33)52-43)48-39-16-7-5-14-37(39)47(32-11-3-2-4-12-32)38-15-6-8-17-40(38)48/h2-30H,1H3. The van der Waals surface area contributed by atoms with Gasteiger partial charge in [-0.1, -0.05) is 121 Å². The Balaban J connectivity index is 1.11. The van der Waals surface area contributed by atoms with E-state index in [1.165, 1.54) is 38.2 Å². The summed E-state index contributed by atoms with van der Waals surface area (Å²) < 4.78 is 2.33. The van der Waals surface area contributed by atoms with E-state index < -0.39 is 0 Å². The fourth-order valence-electron chi connectivity index (χ4n) is 8.46. The number of hydrogen-bond donors (Lipinski definition) is 0. The Morgan fingerprint density at radius 3 is 1.74 bits per heavy atom. The van der Waals surface area contributed by atoms with E-state index in [0.717, 1.165) is 71.8 Å². The van der Waals surface area contributed by atoms with Gasteiger partial charge in [-0.15, -0.1) is 0 Å². The zero-order valence-electron chi connectivity index (χ0n) is 29.5. The summed E-state index contributed by atoms with van der Waals surface area (Å²) in [5.74, 6) is 0. The van der Waals surface area contributed by atoms with Crippen LogP contribution in [0.3, 0.4) is 0 Å². The van der Waals surface area contributed by atoms with Crippen LogP contribution in [-0.4, -0.2) is 19.5 Å². The van der Waals surface area contributed by atoms with Gasteiger partial charge in [-0.25, -0.2) is 9.97 Å². The molecule has 11 rings (SSSR count). The average molecular weight is 689 g/mol. The van der Waals surface area contributed by atoms with Crippen molar-refractivity contribution in [1.29, 1.82) is 0 Å². The first-order chi connectivity index (χ1) is 26.7. The van der Waals surface area contributed by atoms with E-state index in [2.05, 4.69) is 180 Å². The molecule has 0 aliphatic rings. The molecule has 252 valence electrons. The van der Waals surface area contributed by atoms with E-state index in [4.69, 9.17) is 9.97 Å². The monoisotopic (exact) mass is 688 g/mol. The molecule has 54 heavy (non-hydrogen) atoms. The molecule has 0 saturated heterocycles. The molecule has 0 aliphatic carbocycles. The molecule has 0 aliphatic heterocycles. The van der Waals surface area contributed by atoms with Crippen molar-refractivity contribution in [2.75, 3.05) is 0 Å². The minimum atomic E-state index is 0.894. The lowest BCUT2D eigenvalue weighted by molar-refractivity contribution is 1.17. The first-order valence-corrected chi connectivity index (χ1v) is 18.3. The van der Waals surface area contributed by atoms with Crippen molar-refractivity contribution in [3.05, 3.63) is 182 Å². The number of aryl methyl sites for hydroxylation is 1. The van der Waals surface area contributed by atoms with Crippen LogP contribution in [0.5, 0.6) is 0 Å². The van der Waals surface area contributed by atoms with E-state index in [0.29, 0.717) is 0 Å². The SMILES string of the molecule is Cc1cccc(-n2c3ccncc3c3cc(-c4ccc5ccc6ccc(-c7c8ccccc8c(-c8ccccc8)c8ccccc78)nc6c5n4)ccc32)c1. The summed E-state index contributed by atoms with van der Waals surface area (Å²) in [5.41, 5.74) is 12.9. The van der Waals surface area contributed by atoms with Gasteiger partial charge in [0, 0.05) is 50.8 Å². The molecular weight excluding hydrogens is 657 g/mol. The van der Waals surface area contributed by atoms with Crippen LogP contribution in [0.2, 0.25) is 0 Å². The number of rotatable bonds is 4. The molecule has 0 radical (unpaired) electrons. The quantitative estimate of drug-likeness (QED) is 0.137. The molecule has 0 unspecified atom stereocenters. The minimum absolute atomic E-state index is 0.894. The first kappa shape index (κ1) is 30.5. The Labute approximate surface area is 311 Å². The third kappa shape index (κ3) is 4.67. The fourth-order valence-corrected chi connectivity index (χ4v) is 8.46. The fraction of sp³-hybridized carbons (Fsp3) is 0.0200. The Kier molecular flexibility index (Phi) is 6.73. The summed E-state index contributed by atoms with van der Waals surface area (Å²) in [7, 11) is 0. The maximum absolute atomic E-state index is 5.47. The van der Waals surface area contributed by atoms with Crippen LogP contribution in [0, 0.1) is 6.92 Å². The van der Waals surface area contributed by atoms with Gasteiger partial charge in [-0.05, 0) is 87.6 Å². The van der Waals surface area contributed by atoms with Crippen LogP contribution in [-0.2, 0) is 0 Å². The zero-order valence-corrected chi connectivity index (χ0v) is 29.5. The van der Waals surface area contributed by atoms with Gasteiger partial charge in [-0.2, -0.15) is 0 Å². The van der Waals surface area contributed by atoms with Crippen molar-refractivity contribution in [3.63, 3.8) is 0 Å². The van der Waals surface area contributed by atoms with Gasteiger partial charge in [-0.3, -0.25) is 4.98 Å². The summed E-state index contributed by atoms with van der Waals surface area (Å²) >= 11 is 0. The molecule has 0 saturated carbocycles. The van der Waals surface area contributed by atoms with E-state index in [-0.39, 0.29) is 0 Å². The maximum atomic E-state index is 5.47. The molecule has 0 atom stereocenters. The summed E-state index contributed by atoms with van der Waals surface area (Å²) in [4.78, 5) is 15.4. The van der Waals surface area contributed by atoms with E-state index in [1.807, 2.05) is 12.4 Å². The Hall–Kier alpha value is -7.17. The van der Waals surface area contributed by atoms with Crippen molar-refractivity contribution in [2.24, 2.45) is 0 Å². The number of fused-ring (bicyclic) bond motifs is 8. The van der Waals surface area contributed by atoms with Crippen LogP contribution < -0.4 is 0 Å². The molecule has 4 heteroatoms. The van der Waals surface area contributed by atoms with Crippen LogP contribution in [0.25, 0.3) is 104 Å². The van der Waals surface area contributed by atoms with Gasteiger partial charge in [0.2, 0.25) is 0 Å². The predicted molar refractivity (Wildman–Crippen MR) is 225 cm³/mol. The second-order valence-corrected chi connectivity index (χ2v) is 14.1. The summed E-state index contributed by atoms with van der Waals surface area (Å²) in [5, 5.41) is 9.19. The van der Waals surface area contributed by atoms with Crippen molar-refractivity contribution in [1.82, 2.24) is 19.5 Å². The van der Waals surface area contributed by atoms with Crippen molar-refractivity contribution in [3.8, 4) is 39.3 Å². The number of benzene rings is 7. The first-order valence-electron chi connectivity index (χ1n) is 18.3. The zero-order chi connectivity index (χ0) is 35.8. The van der Waals surface area contributed by atoms with Gasteiger partial charge < -0.3 is 4.57 Å². The molecule has 0 fully saturated rings. The largest absolute Gasteiger partial charge is 0.309 e. The number of pyridine rings is 3. The smallest absolute Gasteiger partial charge is 0.0972 e. The van der Waals surface area contributed by atoms with Crippen LogP contribution in [0.1, 0.15) is 5.56 Å². The molecule has 11 aromatic rings. The summed E-state index contributed by atoms with van der Waals surface area (Å²) in [6, 6.07) is 58.6. The molecule has 0 bridgehead atoms.